The maximum atomic E-state index is 12.4. The van der Waals surface area contributed by atoms with Crippen LogP contribution in [0.1, 0.15) is 64.2 Å². The van der Waals surface area contributed by atoms with Crippen LogP contribution in [-0.2, 0) is 20.0 Å². The second kappa shape index (κ2) is 18.1. The molecule has 4 aromatic carbocycles. The standard InChI is InChI=1S/C19H23N3O4S.C19H25N3O2S/c23-22(24)19-13-16(21-27(25,26)17-9-5-2-6-10-17)11-12-18(19)20-14-15-7-3-1-4-8-15;20-18-13-16(22-25(23,24)17-9-5-2-6-10-17)11-12-19(18)21-14-15-7-3-1-4-8-15/h2,5-6,9-13,15,20-21H,1,3-4,7-8,14H2;2,5-6,9-13,15,21-22H,1,3-4,7-8,14,20H2. The van der Waals surface area contributed by atoms with Gasteiger partial charge in [-0.15, -0.1) is 0 Å². The van der Waals surface area contributed by atoms with Crippen molar-refractivity contribution < 1.29 is 21.8 Å². The quantitative estimate of drug-likeness (QED) is 0.0508. The van der Waals surface area contributed by atoms with E-state index in [2.05, 4.69) is 20.1 Å². The summed E-state index contributed by atoms with van der Waals surface area (Å²) in [6.45, 7) is 1.61. The van der Waals surface area contributed by atoms with Crippen LogP contribution in [0.5, 0.6) is 0 Å². The summed E-state index contributed by atoms with van der Waals surface area (Å²) in [6, 6.07) is 25.8. The minimum Gasteiger partial charge on any atom is -0.397 e. The maximum absolute atomic E-state index is 12.4. The molecule has 6 N–H and O–H groups in total. The Bertz CT molecular complexity index is 1990. The van der Waals surface area contributed by atoms with E-state index in [0.29, 0.717) is 35.4 Å². The van der Waals surface area contributed by atoms with Gasteiger partial charge in [0.15, 0.2) is 0 Å². The van der Waals surface area contributed by atoms with Gasteiger partial charge in [-0.25, -0.2) is 16.8 Å². The highest BCUT2D eigenvalue weighted by Gasteiger charge is 2.21. The summed E-state index contributed by atoms with van der Waals surface area (Å²) in [4.78, 5) is 11.3. The van der Waals surface area contributed by atoms with E-state index in [1.807, 2.05) is 6.07 Å². The molecule has 0 heterocycles. The summed E-state index contributed by atoms with van der Waals surface area (Å²) in [5, 5.41) is 18.0. The van der Waals surface area contributed by atoms with Crippen molar-refractivity contribution in [1.29, 1.82) is 0 Å². The second-order valence-corrected chi connectivity index (χ2v) is 16.8. The van der Waals surface area contributed by atoms with Crippen LogP contribution < -0.4 is 25.8 Å². The van der Waals surface area contributed by atoms with Crippen LogP contribution in [0.2, 0.25) is 0 Å². The molecule has 2 fully saturated rings. The van der Waals surface area contributed by atoms with Crippen molar-refractivity contribution >= 4 is 54.2 Å². The van der Waals surface area contributed by atoms with Gasteiger partial charge in [-0.3, -0.25) is 19.6 Å². The van der Waals surface area contributed by atoms with E-state index < -0.39 is 25.0 Å². The molecule has 2 saturated carbocycles. The normalized spacial score (nSPS) is 15.5. The molecule has 52 heavy (non-hydrogen) atoms. The van der Waals surface area contributed by atoms with Crippen LogP contribution in [0, 0.1) is 22.0 Å². The van der Waals surface area contributed by atoms with Gasteiger partial charge in [0.25, 0.3) is 25.7 Å². The van der Waals surface area contributed by atoms with Crippen LogP contribution in [-0.4, -0.2) is 34.8 Å². The Morgan fingerprint density at radius 3 is 1.46 bits per heavy atom. The fourth-order valence-electron chi connectivity index (χ4n) is 6.60. The van der Waals surface area contributed by atoms with Gasteiger partial charge in [0.1, 0.15) is 5.69 Å². The van der Waals surface area contributed by atoms with Crippen molar-refractivity contribution in [1.82, 2.24) is 0 Å². The Balaban J connectivity index is 0.000000202. The van der Waals surface area contributed by atoms with Crippen molar-refractivity contribution in [2.75, 3.05) is 38.9 Å². The first-order valence-corrected chi connectivity index (χ1v) is 20.8. The molecule has 0 bridgehead atoms. The second-order valence-electron chi connectivity index (χ2n) is 13.4. The lowest BCUT2D eigenvalue weighted by Gasteiger charge is -2.22. The molecule has 14 heteroatoms. The number of hydrogen-bond acceptors (Lipinski definition) is 9. The molecule has 6 rings (SSSR count). The zero-order valence-electron chi connectivity index (χ0n) is 29.2. The van der Waals surface area contributed by atoms with Crippen LogP contribution >= 0.6 is 0 Å². The van der Waals surface area contributed by atoms with E-state index in [1.165, 1.54) is 75.6 Å². The molecule has 0 saturated heterocycles. The lowest BCUT2D eigenvalue weighted by molar-refractivity contribution is -0.383. The predicted octanol–water partition coefficient (Wildman–Crippen LogP) is 8.45. The number of hydrogen-bond donors (Lipinski definition) is 5. The molecule has 0 atom stereocenters. The largest absolute Gasteiger partial charge is 0.397 e. The summed E-state index contributed by atoms with van der Waals surface area (Å²) >= 11 is 0. The Morgan fingerprint density at radius 1 is 0.596 bits per heavy atom. The highest BCUT2D eigenvalue weighted by Crippen LogP contribution is 2.31. The van der Waals surface area contributed by atoms with Crippen molar-refractivity contribution in [3.8, 4) is 0 Å². The lowest BCUT2D eigenvalue weighted by Crippen LogP contribution is -2.18. The number of anilines is 5. The highest BCUT2D eigenvalue weighted by molar-refractivity contribution is 7.93. The maximum Gasteiger partial charge on any atom is 0.294 e. The molecular weight excluding hydrogens is 701 g/mol. The number of benzene rings is 4. The summed E-state index contributed by atoms with van der Waals surface area (Å²) in [5.74, 6) is 1.22. The molecule has 12 nitrogen and oxygen atoms in total. The highest BCUT2D eigenvalue weighted by atomic mass is 32.2. The number of nitrogens with one attached hydrogen (secondary N) is 4. The van der Waals surface area contributed by atoms with E-state index in [0.717, 1.165) is 25.1 Å². The molecular formula is C38H48N6O6S2. The van der Waals surface area contributed by atoms with Crippen molar-refractivity contribution in [3.05, 3.63) is 107 Å². The van der Waals surface area contributed by atoms with Gasteiger partial charge < -0.3 is 16.4 Å². The van der Waals surface area contributed by atoms with Crippen molar-refractivity contribution in [2.24, 2.45) is 11.8 Å². The minimum absolute atomic E-state index is 0.104. The third kappa shape index (κ3) is 11.1. The Morgan fingerprint density at radius 2 is 1.02 bits per heavy atom. The Hall–Kier alpha value is -4.82. The van der Waals surface area contributed by atoms with Gasteiger partial charge in [-0.1, -0.05) is 74.9 Å². The average Bonchev–Trinajstić information content (AvgIpc) is 3.15. The molecule has 0 spiro atoms. The SMILES string of the molecule is Nc1cc(NS(=O)(=O)c2ccccc2)ccc1NCC1CCCCC1.O=[N+]([O-])c1cc(NS(=O)(=O)c2ccccc2)ccc1NCC1CCCCC1. The van der Waals surface area contributed by atoms with Crippen molar-refractivity contribution in [2.45, 2.75) is 74.0 Å². The van der Waals surface area contributed by atoms with Gasteiger partial charge in [-0.05, 0) is 92.1 Å². The zero-order valence-corrected chi connectivity index (χ0v) is 30.8. The number of nitrogen functional groups attached to an aromatic ring is 1. The number of rotatable bonds is 13. The summed E-state index contributed by atoms with van der Waals surface area (Å²) in [7, 11) is -7.39. The molecule has 2 aliphatic rings. The molecule has 2 aliphatic carbocycles. The fourth-order valence-corrected chi connectivity index (χ4v) is 8.74. The third-order valence-electron chi connectivity index (χ3n) is 9.47. The first-order valence-electron chi connectivity index (χ1n) is 17.8. The van der Waals surface area contributed by atoms with E-state index in [4.69, 9.17) is 5.73 Å². The Kier molecular flexibility index (Phi) is 13.4. The molecule has 0 amide bonds. The van der Waals surface area contributed by atoms with Crippen LogP contribution in [0.25, 0.3) is 0 Å². The summed E-state index contributed by atoms with van der Waals surface area (Å²) in [5.41, 5.74) is 8.39. The number of nitro benzene ring substituents is 1. The van der Waals surface area contributed by atoms with Crippen LogP contribution in [0.3, 0.4) is 0 Å². The minimum atomic E-state index is -3.79. The number of nitrogens with zero attached hydrogens (tertiary/aromatic N) is 1. The molecule has 4 aromatic rings. The van der Waals surface area contributed by atoms with E-state index in [9.17, 15) is 26.9 Å². The van der Waals surface area contributed by atoms with Gasteiger partial charge >= 0.3 is 0 Å². The summed E-state index contributed by atoms with van der Waals surface area (Å²) in [6.07, 6.45) is 12.4. The fraction of sp³-hybridized carbons (Fsp3) is 0.368. The van der Waals surface area contributed by atoms with Gasteiger partial charge in [-0.2, -0.15) is 0 Å². The van der Waals surface area contributed by atoms with E-state index in [-0.39, 0.29) is 21.2 Å². The topological polar surface area (TPSA) is 186 Å². The molecule has 0 aliphatic heterocycles. The van der Waals surface area contributed by atoms with E-state index >= 15 is 0 Å². The monoisotopic (exact) mass is 748 g/mol. The third-order valence-corrected chi connectivity index (χ3v) is 12.3. The van der Waals surface area contributed by atoms with E-state index in [1.54, 1.807) is 66.7 Å². The van der Waals surface area contributed by atoms with Crippen molar-refractivity contribution in [3.63, 3.8) is 0 Å². The first-order chi connectivity index (χ1) is 25.0. The first kappa shape index (κ1) is 38.4. The van der Waals surface area contributed by atoms with Crippen LogP contribution in [0.15, 0.2) is 107 Å². The molecule has 0 radical (unpaired) electrons. The van der Waals surface area contributed by atoms with Gasteiger partial charge in [0, 0.05) is 19.2 Å². The number of nitro groups is 1. The summed E-state index contributed by atoms with van der Waals surface area (Å²) < 4.78 is 54.5. The average molecular weight is 749 g/mol. The van der Waals surface area contributed by atoms with Gasteiger partial charge in [0.2, 0.25) is 0 Å². The number of sulfonamides is 2. The van der Waals surface area contributed by atoms with Crippen LogP contribution in [0.4, 0.5) is 34.1 Å². The lowest BCUT2D eigenvalue weighted by atomic mass is 9.89. The predicted molar refractivity (Wildman–Crippen MR) is 209 cm³/mol. The molecule has 0 unspecified atom stereocenters. The number of nitrogens with two attached hydrogens (primary N) is 1. The Labute approximate surface area is 306 Å². The molecule has 278 valence electrons. The zero-order chi connectivity index (χ0) is 37.0. The smallest absolute Gasteiger partial charge is 0.294 e. The van der Waals surface area contributed by atoms with Gasteiger partial charge in [0.05, 0.1) is 37.5 Å². The molecule has 0 aromatic heterocycles.